The van der Waals surface area contributed by atoms with Crippen LogP contribution in [0.4, 0.5) is 4.39 Å². The average molecular weight is 404 g/mol. The Bertz CT molecular complexity index is 677. The Balaban J connectivity index is 2.41. The Hall–Kier alpha value is -1.60. The van der Waals surface area contributed by atoms with Crippen molar-refractivity contribution in [1.29, 1.82) is 0 Å². The maximum Gasteiger partial charge on any atom is 0.173 e. The third-order valence-corrected chi connectivity index (χ3v) is 3.58. The summed E-state index contributed by atoms with van der Waals surface area (Å²) in [6.45, 7) is 0. The molecule has 7 heteroatoms. The Morgan fingerprint density at radius 3 is 2.60 bits per heavy atom. The lowest BCUT2D eigenvalue weighted by Gasteiger charge is -2.11. The van der Waals surface area contributed by atoms with E-state index < -0.39 is 5.82 Å². The zero-order valence-corrected chi connectivity index (χ0v) is 13.2. The van der Waals surface area contributed by atoms with Crippen LogP contribution in [0, 0.1) is 5.82 Å². The molecule has 0 saturated heterocycles. The van der Waals surface area contributed by atoms with Crippen LogP contribution in [-0.4, -0.2) is 11.0 Å². The smallest absolute Gasteiger partial charge is 0.173 e. The van der Waals surface area contributed by atoms with Crippen LogP contribution in [0.3, 0.4) is 0 Å². The van der Waals surface area contributed by atoms with Crippen molar-refractivity contribution in [1.82, 2.24) is 0 Å². The quantitative estimate of drug-likeness (QED) is 0.348. The van der Waals surface area contributed by atoms with Gasteiger partial charge in [-0.1, -0.05) is 21.1 Å². The summed E-state index contributed by atoms with van der Waals surface area (Å²) in [6.07, 6.45) is 0. The number of rotatable bonds is 3. The van der Waals surface area contributed by atoms with Crippen LogP contribution in [0.2, 0.25) is 0 Å². The van der Waals surface area contributed by atoms with E-state index in [9.17, 15) is 4.39 Å². The summed E-state index contributed by atoms with van der Waals surface area (Å²) >= 11 is 6.37. The van der Waals surface area contributed by atoms with Gasteiger partial charge in [0.15, 0.2) is 5.84 Å². The zero-order valence-electron chi connectivity index (χ0n) is 9.98. The fourth-order valence-corrected chi connectivity index (χ4v) is 2.10. The third-order valence-electron chi connectivity index (χ3n) is 2.45. The largest absolute Gasteiger partial charge is 0.456 e. The Kier molecular flexibility index (Phi) is 4.61. The van der Waals surface area contributed by atoms with E-state index in [2.05, 4.69) is 37.0 Å². The van der Waals surface area contributed by atoms with Crippen LogP contribution in [0.15, 0.2) is 50.5 Å². The van der Waals surface area contributed by atoms with E-state index in [0.717, 1.165) is 4.47 Å². The monoisotopic (exact) mass is 402 g/mol. The number of nitrogens with two attached hydrogens (primary N) is 1. The normalized spacial score (nSPS) is 11.4. The summed E-state index contributed by atoms with van der Waals surface area (Å²) in [4.78, 5) is 0. The van der Waals surface area contributed by atoms with Crippen molar-refractivity contribution in [2.45, 2.75) is 0 Å². The number of oxime groups is 1. The van der Waals surface area contributed by atoms with Gasteiger partial charge in [-0.2, -0.15) is 0 Å². The van der Waals surface area contributed by atoms with Gasteiger partial charge >= 0.3 is 0 Å². The number of halogens is 3. The van der Waals surface area contributed by atoms with Crippen molar-refractivity contribution in [2.24, 2.45) is 10.9 Å². The first-order chi connectivity index (χ1) is 9.51. The van der Waals surface area contributed by atoms with Gasteiger partial charge in [0.25, 0.3) is 0 Å². The highest BCUT2D eigenvalue weighted by molar-refractivity contribution is 9.10. The molecule has 0 saturated carbocycles. The third kappa shape index (κ3) is 3.29. The van der Waals surface area contributed by atoms with Crippen LogP contribution in [0.25, 0.3) is 0 Å². The summed E-state index contributed by atoms with van der Waals surface area (Å²) in [7, 11) is 0. The lowest BCUT2D eigenvalue weighted by molar-refractivity contribution is 0.318. The molecule has 20 heavy (non-hydrogen) atoms. The van der Waals surface area contributed by atoms with Crippen molar-refractivity contribution < 1.29 is 14.3 Å². The molecule has 0 aliphatic rings. The minimum absolute atomic E-state index is 0.0925. The number of hydrogen-bond acceptors (Lipinski definition) is 3. The predicted octanol–water partition coefficient (Wildman–Crippen LogP) is 4.24. The second kappa shape index (κ2) is 6.23. The van der Waals surface area contributed by atoms with E-state index in [4.69, 9.17) is 15.7 Å². The van der Waals surface area contributed by atoms with E-state index in [1.807, 2.05) is 0 Å². The molecule has 0 aromatic heterocycles. The second-order valence-corrected chi connectivity index (χ2v) is 5.57. The molecular formula is C13H9Br2FN2O2. The Labute approximate surface area is 131 Å². The van der Waals surface area contributed by atoms with Crippen molar-refractivity contribution in [2.75, 3.05) is 0 Å². The second-order valence-electron chi connectivity index (χ2n) is 3.80. The van der Waals surface area contributed by atoms with E-state index in [1.54, 1.807) is 24.3 Å². The van der Waals surface area contributed by atoms with Gasteiger partial charge in [0.1, 0.15) is 17.3 Å². The van der Waals surface area contributed by atoms with Crippen molar-refractivity contribution in [3.8, 4) is 11.5 Å². The lowest BCUT2D eigenvalue weighted by Crippen LogP contribution is -2.14. The van der Waals surface area contributed by atoms with Gasteiger partial charge in [0.05, 0.1) is 10.0 Å². The summed E-state index contributed by atoms with van der Waals surface area (Å²) in [5.41, 5.74) is 5.98. The summed E-state index contributed by atoms with van der Waals surface area (Å²) in [5.74, 6) is 0.111. The van der Waals surface area contributed by atoms with E-state index in [0.29, 0.717) is 21.5 Å². The van der Waals surface area contributed by atoms with Gasteiger partial charge < -0.3 is 15.7 Å². The number of ether oxygens (including phenoxy) is 1. The molecule has 2 rings (SSSR count). The van der Waals surface area contributed by atoms with Crippen LogP contribution in [-0.2, 0) is 0 Å². The highest BCUT2D eigenvalue weighted by atomic mass is 79.9. The average Bonchev–Trinajstić information content (AvgIpc) is 2.42. The molecule has 0 aliphatic carbocycles. The van der Waals surface area contributed by atoms with Gasteiger partial charge in [-0.15, -0.1) is 0 Å². The highest BCUT2D eigenvalue weighted by Crippen LogP contribution is 2.30. The topological polar surface area (TPSA) is 67.8 Å². The number of amidine groups is 1. The predicted molar refractivity (Wildman–Crippen MR) is 80.8 cm³/mol. The van der Waals surface area contributed by atoms with Crippen LogP contribution >= 0.6 is 31.9 Å². The molecule has 0 radical (unpaired) electrons. The fourth-order valence-electron chi connectivity index (χ4n) is 1.51. The molecule has 0 spiro atoms. The fraction of sp³-hybridized carbons (Fsp3) is 0. The first-order valence-corrected chi connectivity index (χ1v) is 7.00. The molecule has 0 unspecified atom stereocenters. The SMILES string of the molecule is N/C(=N/O)c1ccc(Br)cc1Oc1ccc(Br)c(F)c1. The highest BCUT2D eigenvalue weighted by Gasteiger charge is 2.11. The Morgan fingerprint density at radius 1 is 1.20 bits per heavy atom. The molecule has 0 amide bonds. The van der Waals surface area contributed by atoms with Crippen LogP contribution < -0.4 is 10.5 Å². The zero-order chi connectivity index (χ0) is 14.7. The minimum Gasteiger partial charge on any atom is -0.456 e. The molecule has 3 N–H and O–H groups in total. The molecule has 2 aromatic carbocycles. The molecule has 4 nitrogen and oxygen atoms in total. The van der Waals surface area contributed by atoms with Crippen molar-refractivity contribution in [3.63, 3.8) is 0 Å². The van der Waals surface area contributed by atoms with E-state index in [1.165, 1.54) is 12.1 Å². The van der Waals surface area contributed by atoms with Crippen LogP contribution in [0.1, 0.15) is 5.56 Å². The number of hydrogen-bond donors (Lipinski definition) is 2. The van der Waals surface area contributed by atoms with Crippen molar-refractivity contribution in [3.05, 3.63) is 56.7 Å². The molecule has 0 atom stereocenters. The van der Waals surface area contributed by atoms with Gasteiger partial charge in [-0.25, -0.2) is 4.39 Å². The first kappa shape index (κ1) is 14.8. The maximum atomic E-state index is 13.5. The van der Waals surface area contributed by atoms with E-state index in [-0.39, 0.29) is 5.84 Å². The van der Waals surface area contributed by atoms with Gasteiger partial charge in [-0.3, -0.25) is 0 Å². The summed E-state index contributed by atoms with van der Waals surface area (Å²) < 4.78 is 20.1. The molecular weight excluding hydrogens is 395 g/mol. The first-order valence-electron chi connectivity index (χ1n) is 5.41. The van der Waals surface area contributed by atoms with Gasteiger partial charge in [-0.05, 0) is 46.3 Å². The lowest BCUT2D eigenvalue weighted by atomic mass is 10.2. The standard InChI is InChI=1S/C13H9Br2FN2O2/c14-7-1-3-9(13(17)18-19)12(5-7)20-8-2-4-10(15)11(16)6-8/h1-6,19H,(H2,17,18). The molecule has 0 bridgehead atoms. The molecule has 2 aromatic rings. The summed E-state index contributed by atoms with van der Waals surface area (Å²) in [5, 5.41) is 11.7. The number of benzene rings is 2. The molecule has 0 heterocycles. The maximum absolute atomic E-state index is 13.5. The molecule has 0 fully saturated rings. The van der Waals surface area contributed by atoms with Crippen molar-refractivity contribution >= 4 is 37.7 Å². The Morgan fingerprint density at radius 2 is 1.95 bits per heavy atom. The molecule has 0 aliphatic heterocycles. The van der Waals surface area contributed by atoms with E-state index >= 15 is 0 Å². The van der Waals surface area contributed by atoms with Gasteiger partial charge in [0.2, 0.25) is 0 Å². The van der Waals surface area contributed by atoms with Crippen LogP contribution in [0.5, 0.6) is 11.5 Å². The number of nitrogens with zero attached hydrogens (tertiary/aromatic N) is 1. The molecule has 104 valence electrons. The summed E-state index contributed by atoms with van der Waals surface area (Å²) in [6, 6.07) is 9.37. The van der Waals surface area contributed by atoms with Gasteiger partial charge in [0, 0.05) is 10.5 Å². The minimum atomic E-state index is -0.442.